The molecule has 3 nitrogen and oxygen atoms in total. The fourth-order valence-corrected chi connectivity index (χ4v) is 4.70. The molecule has 2 amide bonds. The van der Waals surface area contributed by atoms with E-state index in [1.807, 2.05) is 13.8 Å². The van der Waals surface area contributed by atoms with Crippen LogP contribution in [0.2, 0.25) is 0 Å². The van der Waals surface area contributed by atoms with Crippen LogP contribution in [0.3, 0.4) is 0 Å². The molecule has 1 saturated heterocycles. The number of amides is 2. The third-order valence-corrected chi connectivity index (χ3v) is 5.91. The number of fused-ring (bicyclic) bond motifs is 1. The van der Waals surface area contributed by atoms with E-state index in [2.05, 4.69) is 6.92 Å². The van der Waals surface area contributed by atoms with Crippen LogP contribution in [-0.4, -0.2) is 23.8 Å². The van der Waals surface area contributed by atoms with Gasteiger partial charge in [0.25, 0.3) is 0 Å². The minimum Gasteiger partial charge on any atom is -0.285 e. The first kappa shape index (κ1) is 17.5. The molecule has 2 fully saturated rings. The van der Waals surface area contributed by atoms with Crippen LogP contribution in [0.4, 0.5) is 0 Å². The van der Waals surface area contributed by atoms with Crippen LogP contribution in [-0.2, 0) is 9.59 Å². The number of imide groups is 1. The molecule has 2 aliphatic rings. The van der Waals surface area contributed by atoms with Crippen LogP contribution in [0.5, 0.6) is 0 Å². The largest absolute Gasteiger partial charge is 0.285 e. The minimum absolute atomic E-state index is 0.0000980. The second-order valence-electron chi connectivity index (χ2n) is 8.24. The second kappa shape index (κ2) is 7.14. The number of hydrogen-bond donors (Lipinski definition) is 0. The molecule has 1 aliphatic heterocycles. The number of likely N-dealkylation sites (tertiary alicyclic amines) is 1. The van der Waals surface area contributed by atoms with E-state index in [9.17, 15) is 9.59 Å². The predicted octanol–water partition coefficient (Wildman–Crippen LogP) is 4.40. The Balaban J connectivity index is 2.28. The summed E-state index contributed by atoms with van der Waals surface area (Å²) >= 11 is 0. The van der Waals surface area contributed by atoms with Gasteiger partial charge in [-0.05, 0) is 31.1 Å². The van der Waals surface area contributed by atoms with Gasteiger partial charge in [0.15, 0.2) is 0 Å². The van der Waals surface area contributed by atoms with Crippen LogP contribution in [0, 0.1) is 23.2 Å². The van der Waals surface area contributed by atoms with Gasteiger partial charge in [0.1, 0.15) is 0 Å². The lowest BCUT2D eigenvalue weighted by Crippen LogP contribution is -2.50. The van der Waals surface area contributed by atoms with Crippen LogP contribution < -0.4 is 0 Å². The minimum atomic E-state index is -0.426. The van der Waals surface area contributed by atoms with Gasteiger partial charge < -0.3 is 0 Å². The summed E-state index contributed by atoms with van der Waals surface area (Å²) in [6.07, 6.45) is 10.5. The molecular weight excluding hydrogens is 274 g/mol. The highest BCUT2D eigenvalue weighted by molar-refractivity contribution is 5.98. The van der Waals surface area contributed by atoms with Crippen molar-refractivity contribution < 1.29 is 9.59 Å². The van der Waals surface area contributed by atoms with Crippen molar-refractivity contribution in [3.05, 3.63) is 0 Å². The van der Waals surface area contributed by atoms with Crippen molar-refractivity contribution in [2.24, 2.45) is 23.2 Å². The molecule has 0 spiro atoms. The predicted molar refractivity (Wildman–Crippen MR) is 89.3 cm³/mol. The van der Waals surface area contributed by atoms with E-state index < -0.39 is 5.41 Å². The van der Waals surface area contributed by atoms with Crippen LogP contribution >= 0.6 is 0 Å². The number of hydrogen-bond acceptors (Lipinski definition) is 2. The average molecular weight is 307 g/mol. The van der Waals surface area contributed by atoms with Gasteiger partial charge in [0, 0.05) is 18.4 Å². The number of carbonyl (C=O) groups is 2. The normalized spacial score (nSPS) is 34.5. The summed E-state index contributed by atoms with van der Waals surface area (Å²) in [5, 5.41) is 0. The fourth-order valence-electron chi connectivity index (χ4n) is 4.70. The van der Waals surface area contributed by atoms with E-state index in [4.69, 9.17) is 0 Å². The monoisotopic (exact) mass is 307 g/mol. The summed E-state index contributed by atoms with van der Waals surface area (Å²) in [7, 11) is 1.69. The molecule has 126 valence electrons. The Labute approximate surface area is 135 Å². The zero-order chi connectivity index (χ0) is 16.3. The number of rotatable bonds is 0. The lowest BCUT2D eigenvalue weighted by atomic mass is 9.68. The molecule has 0 N–H and O–H groups in total. The highest BCUT2D eigenvalue weighted by atomic mass is 16.2. The smallest absolute Gasteiger partial charge is 0.234 e. The molecule has 3 unspecified atom stereocenters. The number of carbonyl (C=O) groups excluding carboxylic acids is 2. The summed E-state index contributed by atoms with van der Waals surface area (Å²) in [4.78, 5) is 27.0. The average Bonchev–Trinajstić information content (AvgIpc) is 2.48. The standard InChI is InChI=1S/C19H33NO2/c1-14-13-19(2,3)18(22)20(4)17(21)16-12-10-8-6-5-7-9-11-15(14)16/h14-16H,5-13H2,1-4H3. The Bertz CT molecular complexity index is 416. The maximum Gasteiger partial charge on any atom is 0.234 e. The zero-order valence-corrected chi connectivity index (χ0v) is 14.9. The summed E-state index contributed by atoms with van der Waals surface area (Å²) in [6, 6.07) is 0. The highest BCUT2D eigenvalue weighted by Gasteiger charge is 2.44. The Kier molecular flexibility index (Phi) is 5.68. The molecule has 1 saturated carbocycles. The molecule has 3 atom stereocenters. The summed E-state index contributed by atoms with van der Waals surface area (Å²) in [6.45, 7) is 6.25. The van der Waals surface area contributed by atoms with Crippen LogP contribution in [0.15, 0.2) is 0 Å². The van der Waals surface area contributed by atoms with Gasteiger partial charge >= 0.3 is 0 Å². The molecule has 0 bridgehead atoms. The van der Waals surface area contributed by atoms with Crippen LogP contribution in [0.25, 0.3) is 0 Å². The Morgan fingerprint density at radius 2 is 1.50 bits per heavy atom. The Morgan fingerprint density at radius 1 is 0.955 bits per heavy atom. The molecule has 0 radical (unpaired) electrons. The van der Waals surface area contributed by atoms with Gasteiger partial charge in [0.05, 0.1) is 0 Å². The molecule has 22 heavy (non-hydrogen) atoms. The van der Waals surface area contributed by atoms with E-state index in [1.165, 1.54) is 37.0 Å². The second-order valence-corrected chi connectivity index (χ2v) is 8.24. The van der Waals surface area contributed by atoms with Crippen molar-refractivity contribution in [3.8, 4) is 0 Å². The third-order valence-electron chi connectivity index (χ3n) is 5.91. The Morgan fingerprint density at radius 3 is 2.14 bits per heavy atom. The molecular formula is C19H33NO2. The maximum absolute atomic E-state index is 12.9. The molecule has 0 aromatic heterocycles. The van der Waals surface area contributed by atoms with Crippen molar-refractivity contribution in [1.29, 1.82) is 0 Å². The first-order valence-corrected chi connectivity index (χ1v) is 9.16. The molecule has 0 aromatic rings. The third kappa shape index (κ3) is 3.72. The van der Waals surface area contributed by atoms with Crippen molar-refractivity contribution in [2.75, 3.05) is 7.05 Å². The first-order valence-electron chi connectivity index (χ1n) is 9.16. The zero-order valence-electron chi connectivity index (χ0n) is 14.9. The van der Waals surface area contributed by atoms with E-state index in [1.54, 1.807) is 7.05 Å². The van der Waals surface area contributed by atoms with E-state index in [-0.39, 0.29) is 17.7 Å². The van der Waals surface area contributed by atoms with E-state index in [0.717, 1.165) is 25.7 Å². The number of nitrogens with zero attached hydrogens (tertiary/aromatic N) is 1. The fraction of sp³-hybridized carbons (Fsp3) is 0.895. The topological polar surface area (TPSA) is 37.4 Å². The maximum atomic E-state index is 12.9. The van der Waals surface area contributed by atoms with Crippen molar-refractivity contribution in [1.82, 2.24) is 4.90 Å². The van der Waals surface area contributed by atoms with Gasteiger partial charge in [-0.1, -0.05) is 59.3 Å². The summed E-state index contributed by atoms with van der Waals surface area (Å²) < 4.78 is 0. The van der Waals surface area contributed by atoms with Gasteiger partial charge in [-0.3, -0.25) is 14.5 Å². The van der Waals surface area contributed by atoms with Crippen molar-refractivity contribution in [3.63, 3.8) is 0 Å². The van der Waals surface area contributed by atoms with Gasteiger partial charge in [-0.2, -0.15) is 0 Å². The van der Waals surface area contributed by atoms with Gasteiger partial charge in [-0.15, -0.1) is 0 Å². The summed E-state index contributed by atoms with van der Waals surface area (Å²) in [5.41, 5.74) is -0.426. The van der Waals surface area contributed by atoms with E-state index >= 15 is 0 Å². The lowest BCUT2D eigenvalue weighted by Gasteiger charge is -2.41. The Hall–Kier alpha value is -0.860. The first-order chi connectivity index (χ1) is 10.3. The van der Waals surface area contributed by atoms with Gasteiger partial charge in [0.2, 0.25) is 11.8 Å². The highest BCUT2D eigenvalue weighted by Crippen LogP contribution is 2.41. The van der Waals surface area contributed by atoms with Crippen molar-refractivity contribution in [2.45, 2.75) is 78.6 Å². The van der Waals surface area contributed by atoms with Crippen molar-refractivity contribution >= 4 is 11.8 Å². The summed E-state index contributed by atoms with van der Waals surface area (Å²) in [5.74, 6) is 1.02. The molecule has 2 rings (SSSR count). The SMILES string of the molecule is CC1CC(C)(C)C(=O)N(C)C(=O)C2CCCCCCCCC12. The van der Waals surface area contributed by atoms with E-state index in [0.29, 0.717) is 11.8 Å². The molecule has 3 heteroatoms. The molecule has 0 aromatic carbocycles. The quantitative estimate of drug-likeness (QED) is 0.622. The van der Waals surface area contributed by atoms with Gasteiger partial charge in [-0.25, -0.2) is 0 Å². The molecule has 1 heterocycles. The lowest BCUT2D eigenvalue weighted by molar-refractivity contribution is -0.156. The molecule has 1 aliphatic carbocycles. The van der Waals surface area contributed by atoms with Crippen LogP contribution in [0.1, 0.15) is 78.6 Å².